The number of nitrogens with zero attached hydrogens (tertiary/aromatic N) is 2. The highest BCUT2D eigenvalue weighted by Gasteiger charge is 2.32. The average molecular weight is 510 g/mol. The number of nitrogens with one attached hydrogen (secondary N) is 1. The monoisotopic (exact) mass is 509 g/mol. The molecule has 2 aromatic rings. The number of hydrogen-bond donors (Lipinski definition) is 1. The highest BCUT2D eigenvalue weighted by atomic mass is 32.2. The first-order valence-electron chi connectivity index (χ1n) is 11.5. The third kappa shape index (κ3) is 8.02. The van der Waals surface area contributed by atoms with Crippen molar-refractivity contribution in [2.45, 2.75) is 52.1 Å². The van der Waals surface area contributed by atoms with E-state index < -0.39 is 40.2 Å². The number of rotatable bonds is 12. The second-order valence-electron chi connectivity index (χ2n) is 8.43. The van der Waals surface area contributed by atoms with E-state index in [1.165, 1.54) is 4.90 Å². The van der Waals surface area contributed by atoms with Gasteiger partial charge in [-0.05, 0) is 43.9 Å². The molecule has 2 aromatic carbocycles. The minimum Gasteiger partial charge on any atom is -0.352 e. The Kier molecular flexibility index (Phi) is 10.2. The fourth-order valence-electron chi connectivity index (χ4n) is 3.59. The lowest BCUT2D eigenvalue weighted by atomic mass is 10.1. The number of carbonyl (C=O) groups is 2. The molecule has 0 aliphatic heterocycles. The summed E-state index contributed by atoms with van der Waals surface area (Å²) in [5.74, 6) is -3.32. The summed E-state index contributed by atoms with van der Waals surface area (Å²) in [7, 11) is -4.02. The maximum absolute atomic E-state index is 13.8. The molecule has 7 nitrogen and oxygen atoms in total. The van der Waals surface area contributed by atoms with Gasteiger partial charge in [-0.3, -0.25) is 13.9 Å². The van der Waals surface area contributed by atoms with Gasteiger partial charge in [0.2, 0.25) is 21.8 Å². The minimum absolute atomic E-state index is 0.0997. The van der Waals surface area contributed by atoms with Gasteiger partial charge in [-0.15, -0.1) is 0 Å². The van der Waals surface area contributed by atoms with Crippen LogP contribution < -0.4 is 9.62 Å². The normalized spacial score (nSPS) is 13.1. The summed E-state index contributed by atoms with van der Waals surface area (Å²) in [5, 5.41) is 2.89. The Morgan fingerprint density at radius 3 is 2.20 bits per heavy atom. The van der Waals surface area contributed by atoms with Crippen molar-refractivity contribution in [1.29, 1.82) is 0 Å². The van der Waals surface area contributed by atoms with Crippen molar-refractivity contribution < 1.29 is 26.8 Å². The molecule has 2 rings (SSSR count). The van der Waals surface area contributed by atoms with Crippen molar-refractivity contribution in [1.82, 2.24) is 10.2 Å². The molecule has 0 saturated carbocycles. The smallest absolute Gasteiger partial charge is 0.244 e. The van der Waals surface area contributed by atoms with Gasteiger partial charge in [-0.25, -0.2) is 17.2 Å². The number of carbonyl (C=O) groups excluding carboxylic acids is 2. The van der Waals surface area contributed by atoms with E-state index in [4.69, 9.17) is 0 Å². The van der Waals surface area contributed by atoms with E-state index in [0.717, 1.165) is 30.0 Å². The molecular formula is C25H33F2N3O4S. The Balaban J connectivity index is 2.38. The lowest BCUT2D eigenvalue weighted by Gasteiger charge is -2.33. The molecule has 2 atom stereocenters. The fourth-order valence-corrected chi connectivity index (χ4v) is 4.43. The zero-order valence-electron chi connectivity index (χ0n) is 20.5. The highest BCUT2D eigenvalue weighted by molar-refractivity contribution is 7.92. The van der Waals surface area contributed by atoms with Gasteiger partial charge < -0.3 is 10.2 Å². The zero-order chi connectivity index (χ0) is 26.2. The Labute approximate surface area is 206 Å². The lowest BCUT2D eigenvalue weighted by molar-refractivity contribution is -0.139. The molecule has 0 fully saturated rings. The average Bonchev–Trinajstić information content (AvgIpc) is 2.81. The molecule has 0 spiro atoms. The van der Waals surface area contributed by atoms with E-state index in [2.05, 4.69) is 5.32 Å². The van der Waals surface area contributed by atoms with E-state index in [1.54, 1.807) is 6.92 Å². The van der Waals surface area contributed by atoms with Crippen molar-refractivity contribution >= 4 is 27.5 Å². The minimum atomic E-state index is -4.02. The molecule has 0 aromatic heterocycles. The molecule has 1 N–H and O–H groups in total. The predicted molar refractivity (Wildman–Crippen MR) is 132 cm³/mol. The molecule has 0 aliphatic rings. The SMILES string of the molecule is CCC(C)NC(=O)C(CC)N(CCc1ccccc1)C(=O)CN(c1ccc(F)c(F)c1)S(C)(=O)=O. The largest absolute Gasteiger partial charge is 0.352 e. The maximum atomic E-state index is 13.8. The van der Waals surface area contributed by atoms with Crippen LogP contribution in [0, 0.1) is 11.6 Å². The molecule has 0 saturated heterocycles. The van der Waals surface area contributed by atoms with Crippen molar-refractivity contribution in [3.05, 3.63) is 65.7 Å². The molecule has 2 unspecified atom stereocenters. The Bertz CT molecular complexity index is 1110. The van der Waals surface area contributed by atoms with Crippen LogP contribution in [0.5, 0.6) is 0 Å². The van der Waals surface area contributed by atoms with Gasteiger partial charge in [0, 0.05) is 18.7 Å². The topological polar surface area (TPSA) is 86.8 Å². The molecule has 10 heteroatoms. The molecular weight excluding hydrogens is 476 g/mol. The standard InChI is InChI=1S/C25H33F2N3O4S/c1-5-18(3)28-25(32)23(6-2)29(15-14-19-10-8-7-9-11-19)24(31)17-30(35(4,33)34)20-12-13-21(26)22(27)16-20/h7-13,16,18,23H,5-6,14-15,17H2,1-4H3,(H,28,32). The number of benzene rings is 2. The number of halogens is 2. The van der Waals surface area contributed by atoms with Crippen LogP contribution in [0.15, 0.2) is 48.5 Å². The van der Waals surface area contributed by atoms with Crippen LogP contribution in [-0.2, 0) is 26.0 Å². The molecule has 2 amide bonds. The summed E-state index contributed by atoms with van der Waals surface area (Å²) in [5.41, 5.74) is 0.767. The van der Waals surface area contributed by atoms with Gasteiger partial charge in [0.15, 0.2) is 11.6 Å². The first kappa shape index (κ1) is 28.2. The summed E-state index contributed by atoms with van der Waals surface area (Å²) in [4.78, 5) is 27.9. The van der Waals surface area contributed by atoms with Crippen LogP contribution in [0.25, 0.3) is 0 Å². The third-order valence-electron chi connectivity index (χ3n) is 5.74. The van der Waals surface area contributed by atoms with Gasteiger partial charge in [-0.2, -0.15) is 0 Å². The van der Waals surface area contributed by atoms with Crippen molar-refractivity contribution in [3.63, 3.8) is 0 Å². The van der Waals surface area contributed by atoms with E-state index in [9.17, 15) is 26.8 Å². The maximum Gasteiger partial charge on any atom is 0.244 e. The molecule has 35 heavy (non-hydrogen) atoms. The van der Waals surface area contributed by atoms with Crippen LogP contribution in [0.4, 0.5) is 14.5 Å². The quantitative estimate of drug-likeness (QED) is 0.475. The van der Waals surface area contributed by atoms with Gasteiger partial charge >= 0.3 is 0 Å². The summed E-state index contributed by atoms with van der Waals surface area (Å²) >= 11 is 0. The van der Waals surface area contributed by atoms with E-state index in [-0.39, 0.29) is 24.2 Å². The summed E-state index contributed by atoms with van der Waals surface area (Å²) in [6.45, 7) is 5.06. The van der Waals surface area contributed by atoms with Gasteiger partial charge in [0.05, 0.1) is 11.9 Å². The van der Waals surface area contributed by atoms with Crippen LogP contribution in [0.3, 0.4) is 0 Å². The summed E-state index contributed by atoms with van der Waals surface area (Å²) in [6, 6.07) is 11.1. The van der Waals surface area contributed by atoms with E-state index in [1.807, 2.05) is 44.2 Å². The van der Waals surface area contributed by atoms with Crippen molar-refractivity contribution in [2.75, 3.05) is 23.7 Å². The second kappa shape index (κ2) is 12.6. The molecule has 192 valence electrons. The predicted octanol–water partition coefficient (Wildman–Crippen LogP) is 3.50. The number of anilines is 1. The van der Waals surface area contributed by atoms with Gasteiger partial charge in [-0.1, -0.05) is 44.2 Å². The number of amides is 2. The van der Waals surface area contributed by atoms with Crippen molar-refractivity contribution in [2.24, 2.45) is 0 Å². The number of sulfonamides is 1. The molecule has 0 bridgehead atoms. The number of hydrogen-bond acceptors (Lipinski definition) is 4. The van der Waals surface area contributed by atoms with Crippen LogP contribution >= 0.6 is 0 Å². The van der Waals surface area contributed by atoms with E-state index in [0.29, 0.717) is 23.6 Å². The second-order valence-corrected chi connectivity index (χ2v) is 10.3. The third-order valence-corrected chi connectivity index (χ3v) is 6.88. The first-order valence-corrected chi connectivity index (χ1v) is 13.4. The van der Waals surface area contributed by atoms with Crippen molar-refractivity contribution in [3.8, 4) is 0 Å². The first-order chi connectivity index (χ1) is 16.5. The van der Waals surface area contributed by atoms with Crippen LogP contribution in [0.1, 0.15) is 39.2 Å². The lowest BCUT2D eigenvalue weighted by Crippen LogP contribution is -2.54. The van der Waals surface area contributed by atoms with Gasteiger partial charge in [0.1, 0.15) is 12.6 Å². The highest BCUT2D eigenvalue weighted by Crippen LogP contribution is 2.21. The van der Waals surface area contributed by atoms with Gasteiger partial charge in [0.25, 0.3) is 0 Å². The summed E-state index contributed by atoms with van der Waals surface area (Å²) < 4.78 is 52.9. The molecule has 0 aliphatic carbocycles. The Morgan fingerprint density at radius 2 is 1.66 bits per heavy atom. The molecule has 0 radical (unpaired) electrons. The van der Waals surface area contributed by atoms with E-state index >= 15 is 0 Å². The Morgan fingerprint density at radius 1 is 1.00 bits per heavy atom. The summed E-state index contributed by atoms with van der Waals surface area (Å²) in [6.07, 6.45) is 2.34. The zero-order valence-corrected chi connectivity index (χ0v) is 21.3. The molecule has 0 heterocycles. The van der Waals surface area contributed by atoms with Crippen LogP contribution in [0.2, 0.25) is 0 Å². The Hall–Kier alpha value is -3.01. The van der Waals surface area contributed by atoms with Crippen LogP contribution in [-0.4, -0.2) is 56.6 Å². The fraction of sp³-hybridized carbons (Fsp3) is 0.440.